The van der Waals surface area contributed by atoms with E-state index in [1.807, 2.05) is 51.5 Å². The van der Waals surface area contributed by atoms with Crippen molar-refractivity contribution in [1.82, 2.24) is 0 Å². The molecule has 0 aliphatic heterocycles. The molecular weight excluding hydrogens is 223 g/mol. The van der Waals surface area contributed by atoms with E-state index in [-0.39, 0.29) is 0 Å². The number of quaternary nitrogens is 1. The van der Waals surface area contributed by atoms with Crippen LogP contribution in [0.2, 0.25) is 0 Å². The van der Waals surface area contributed by atoms with Crippen LogP contribution in [-0.2, 0) is 4.84 Å². The molecule has 5 heteroatoms. The Labute approximate surface area is 97.3 Å². The lowest BCUT2D eigenvalue weighted by Gasteiger charge is -2.22. The maximum atomic E-state index is 12.1. The van der Waals surface area contributed by atoms with Gasteiger partial charge in [0.2, 0.25) is 0 Å². The van der Waals surface area contributed by atoms with Crippen molar-refractivity contribution in [3.05, 3.63) is 30.3 Å². The van der Waals surface area contributed by atoms with Crippen LogP contribution in [0.25, 0.3) is 0 Å². The lowest BCUT2D eigenvalue weighted by atomic mass is 10.4. The Bertz CT molecular complexity index is 371. The summed E-state index contributed by atoms with van der Waals surface area (Å²) < 4.78 is 0.625. The minimum Gasteiger partial charge on any atom is -0.624 e. The third-order valence-corrected chi connectivity index (χ3v) is 3.43. The summed E-state index contributed by atoms with van der Waals surface area (Å²) in [5, 5.41) is 0.742. The summed E-state index contributed by atoms with van der Waals surface area (Å²) in [6.07, 6.45) is 0. The molecule has 4 nitrogen and oxygen atoms in total. The molecule has 1 aromatic rings. The highest BCUT2D eigenvalue weighted by molar-refractivity contribution is 7.59. The summed E-state index contributed by atoms with van der Waals surface area (Å²) in [6.45, 7) is 0.528. The lowest BCUT2D eigenvalue weighted by Crippen LogP contribution is -2.41. The van der Waals surface area contributed by atoms with E-state index in [4.69, 9.17) is 10.7 Å². The predicted molar refractivity (Wildman–Crippen MR) is 66.2 cm³/mol. The topological polar surface area (TPSA) is 58.3 Å². The van der Waals surface area contributed by atoms with E-state index < -0.39 is 7.77 Å². The number of hydrogen-bond donors (Lipinski definition) is 1. The van der Waals surface area contributed by atoms with E-state index in [1.165, 1.54) is 0 Å². The van der Waals surface area contributed by atoms with Crippen molar-refractivity contribution in [3.63, 3.8) is 0 Å². The van der Waals surface area contributed by atoms with Gasteiger partial charge in [-0.1, -0.05) is 18.2 Å². The fourth-order valence-electron chi connectivity index (χ4n) is 1.26. The zero-order valence-corrected chi connectivity index (χ0v) is 10.8. The van der Waals surface area contributed by atoms with Gasteiger partial charge < -0.3 is 9.38 Å². The Morgan fingerprint density at radius 1 is 1.31 bits per heavy atom. The lowest BCUT2D eigenvalue weighted by molar-refractivity contribution is -0.861. The average Bonchev–Trinajstić information content (AvgIpc) is 2.25. The SMILES string of the molecule is C[N+](C)(C)CC(ON)=[P+]([O-])c1ccccc1. The second-order valence-corrected chi connectivity index (χ2v) is 6.19. The van der Waals surface area contributed by atoms with Gasteiger partial charge in [0.05, 0.1) is 21.1 Å². The van der Waals surface area contributed by atoms with Crippen molar-refractivity contribution in [2.45, 2.75) is 0 Å². The average molecular weight is 241 g/mol. The van der Waals surface area contributed by atoms with Crippen LogP contribution < -0.4 is 16.1 Å². The van der Waals surface area contributed by atoms with Crippen molar-refractivity contribution < 1.29 is 14.2 Å². The van der Waals surface area contributed by atoms with Gasteiger partial charge in [-0.15, -0.1) is 0 Å². The highest BCUT2D eigenvalue weighted by Crippen LogP contribution is 2.14. The molecule has 0 bridgehead atoms. The molecule has 1 rings (SSSR count). The molecule has 1 unspecified atom stereocenters. The van der Waals surface area contributed by atoms with Gasteiger partial charge >= 0.3 is 0 Å². The van der Waals surface area contributed by atoms with Crippen LogP contribution in [-0.4, -0.2) is 37.7 Å². The molecule has 0 aliphatic rings. The number of nitrogens with two attached hydrogens (primary N) is 1. The van der Waals surface area contributed by atoms with Crippen molar-refractivity contribution >= 4 is 18.6 Å². The van der Waals surface area contributed by atoms with Gasteiger partial charge in [0.25, 0.3) is 5.48 Å². The molecule has 16 heavy (non-hydrogen) atoms. The van der Waals surface area contributed by atoms with E-state index in [2.05, 4.69) is 0 Å². The molecule has 0 aliphatic carbocycles. The van der Waals surface area contributed by atoms with Gasteiger partial charge in [-0.2, -0.15) is 0 Å². The number of nitrogens with zero attached hydrogens (tertiary/aromatic N) is 1. The van der Waals surface area contributed by atoms with E-state index in [9.17, 15) is 4.89 Å². The number of likely N-dealkylation sites (N-methyl/N-ethyl adjacent to an activating group) is 1. The third-order valence-electron chi connectivity index (χ3n) is 1.96. The smallest absolute Gasteiger partial charge is 0.298 e. The maximum absolute atomic E-state index is 12.1. The Morgan fingerprint density at radius 3 is 2.31 bits per heavy atom. The molecule has 0 saturated carbocycles. The summed E-state index contributed by atoms with van der Waals surface area (Å²) in [5.74, 6) is 5.19. The third kappa shape index (κ3) is 4.00. The van der Waals surface area contributed by atoms with Crippen LogP contribution in [0.3, 0.4) is 0 Å². The van der Waals surface area contributed by atoms with Crippen LogP contribution in [0.15, 0.2) is 30.3 Å². The predicted octanol–water partition coefficient (Wildman–Crippen LogP) is -0.204. The zero-order chi connectivity index (χ0) is 12.2. The highest BCUT2D eigenvalue weighted by Gasteiger charge is 2.21. The number of benzene rings is 1. The molecule has 0 aromatic heterocycles. The van der Waals surface area contributed by atoms with Crippen LogP contribution in [0.1, 0.15) is 0 Å². The molecule has 0 heterocycles. The quantitative estimate of drug-likeness (QED) is 0.451. The zero-order valence-electron chi connectivity index (χ0n) is 9.88. The van der Waals surface area contributed by atoms with Crippen LogP contribution in [0.4, 0.5) is 0 Å². The van der Waals surface area contributed by atoms with E-state index in [1.54, 1.807) is 0 Å². The summed E-state index contributed by atoms with van der Waals surface area (Å²) in [6, 6.07) is 9.21. The van der Waals surface area contributed by atoms with Crippen LogP contribution in [0, 0.1) is 0 Å². The highest BCUT2D eigenvalue weighted by atomic mass is 31.1. The Hall–Kier alpha value is -0.770. The first kappa shape index (κ1) is 13.3. The summed E-state index contributed by atoms with van der Waals surface area (Å²) in [7, 11) is 4.28. The first-order valence-electron chi connectivity index (χ1n) is 4.99. The monoisotopic (exact) mass is 241 g/mol. The number of hydrogen-bond acceptors (Lipinski definition) is 3. The van der Waals surface area contributed by atoms with Gasteiger partial charge in [0, 0.05) is 0 Å². The van der Waals surface area contributed by atoms with Gasteiger partial charge in [-0.25, -0.2) is 10.7 Å². The largest absolute Gasteiger partial charge is 0.624 e. The fraction of sp³-hybridized carbons (Fsp3) is 0.364. The summed E-state index contributed by atoms with van der Waals surface area (Å²) in [4.78, 5) is 16.9. The molecule has 1 aromatic carbocycles. The van der Waals surface area contributed by atoms with Gasteiger partial charge in [-0.05, 0) is 12.1 Å². The first-order chi connectivity index (χ1) is 7.44. The molecule has 1 atom stereocenters. The van der Waals surface area contributed by atoms with Crippen molar-refractivity contribution in [2.24, 2.45) is 5.90 Å². The standard InChI is InChI=1S/C11H18N2O2P/c1-13(2,3)9-11(15-12)16(14)10-7-5-4-6-8-10/h4-8H,9,12H2,1-3H3/q+1. The van der Waals surface area contributed by atoms with E-state index >= 15 is 0 Å². The van der Waals surface area contributed by atoms with E-state index in [0.29, 0.717) is 16.5 Å². The Morgan fingerprint density at radius 2 is 1.88 bits per heavy atom. The molecule has 88 valence electrons. The van der Waals surface area contributed by atoms with Crippen molar-refractivity contribution in [1.29, 1.82) is 0 Å². The van der Waals surface area contributed by atoms with E-state index in [0.717, 1.165) is 5.30 Å². The normalized spacial score (nSPS) is 13.6. The molecule has 0 radical (unpaired) electrons. The van der Waals surface area contributed by atoms with Crippen molar-refractivity contribution in [2.75, 3.05) is 27.7 Å². The molecule has 2 N–H and O–H groups in total. The summed E-state index contributed by atoms with van der Waals surface area (Å²) >= 11 is 0. The maximum Gasteiger partial charge on any atom is 0.298 e. The number of rotatable bonds is 4. The van der Waals surface area contributed by atoms with Crippen molar-refractivity contribution in [3.8, 4) is 0 Å². The molecule has 0 saturated heterocycles. The van der Waals surface area contributed by atoms with Gasteiger partial charge in [-0.3, -0.25) is 0 Å². The Balaban J connectivity index is 3.00. The molecule has 0 amide bonds. The Kier molecular flexibility index (Phi) is 4.59. The van der Waals surface area contributed by atoms with Crippen LogP contribution >= 0.6 is 7.77 Å². The van der Waals surface area contributed by atoms with Gasteiger partial charge in [0.15, 0.2) is 6.54 Å². The minimum absolute atomic E-state index is 0.425. The molecule has 0 fully saturated rings. The minimum atomic E-state index is -1.70. The second-order valence-electron chi connectivity index (χ2n) is 4.59. The summed E-state index contributed by atoms with van der Waals surface area (Å²) in [5.41, 5.74) is 0.425. The second kappa shape index (κ2) is 5.53. The van der Waals surface area contributed by atoms with Crippen LogP contribution in [0.5, 0.6) is 0 Å². The molecular formula is C11H18N2O2P+. The fourth-order valence-corrected chi connectivity index (χ4v) is 2.64. The molecule has 0 spiro atoms. The van der Waals surface area contributed by atoms with Gasteiger partial charge in [0.1, 0.15) is 13.1 Å². The first-order valence-corrected chi connectivity index (χ1v) is 6.25.